The maximum absolute atomic E-state index is 13.3. The molecule has 1 aliphatic carbocycles. The van der Waals surface area contributed by atoms with Crippen molar-refractivity contribution in [1.29, 1.82) is 0 Å². The largest absolute Gasteiger partial charge is 0.417 e. The Morgan fingerprint density at radius 3 is 2.36 bits per heavy atom. The normalized spacial score (nSPS) is 18.7. The van der Waals surface area contributed by atoms with E-state index in [1.54, 1.807) is 11.0 Å². The summed E-state index contributed by atoms with van der Waals surface area (Å²) in [6.45, 7) is 3.19. The second kappa shape index (κ2) is 11.6. The number of anilines is 1. The molecule has 36 heavy (non-hydrogen) atoms. The molecule has 4 nitrogen and oxygen atoms in total. The fourth-order valence-electron chi connectivity index (χ4n) is 4.83. The number of urea groups is 1. The van der Waals surface area contributed by atoms with Gasteiger partial charge in [0, 0.05) is 34.9 Å². The van der Waals surface area contributed by atoms with E-state index in [0.29, 0.717) is 23.0 Å². The highest BCUT2D eigenvalue weighted by molar-refractivity contribution is 6.34. The van der Waals surface area contributed by atoms with E-state index >= 15 is 0 Å². The van der Waals surface area contributed by atoms with Crippen LogP contribution < -0.4 is 5.32 Å². The highest BCUT2D eigenvalue weighted by Gasteiger charge is 2.34. The minimum atomic E-state index is -4.61. The molecule has 2 aromatic rings. The van der Waals surface area contributed by atoms with Crippen molar-refractivity contribution in [3.63, 3.8) is 0 Å². The van der Waals surface area contributed by atoms with Gasteiger partial charge < -0.3 is 15.1 Å². The minimum absolute atomic E-state index is 0.0588. The quantitative estimate of drug-likeness (QED) is 0.386. The van der Waals surface area contributed by atoms with Crippen molar-refractivity contribution in [2.75, 3.05) is 31.5 Å². The van der Waals surface area contributed by atoms with Gasteiger partial charge in [-0.3, -0.25) is 0 Å². The van der Waals surface area contributed by atoms with Crippen LogP contribution in [0.3, 0.4) is 0 Å². The van der Waals surface area contributed by atoms with E-state index in [9.17, 15) is 18.0 Å². The molecule has 0 saturated carbocycles. The predicted octanol–water partition coefficient (Wildman–Crippen LogP) is 8.23. The number of allylic oxidation sites excluding steroid dienone is 1. The van der Waals surface area contributed by atoms with E-state index in [-0.39, 0.29) is 11.7 Å². The maximum atomic E-state index is 13.3. The summed E-state index contributed by atoms with van der Waals surface area (Å²) in [5, 5.41) is 3.39. The standard InChI is InChI=1S/C26H27Cl3F3N3O/c27-19-13-18(14-20(28)15-19)17-3-6-22(7-4-17)35(12-11-34-9-1-2-10-34)25(36)33-21-5-8-24(29)23(16-21)26(30,31)32/h3,5,8,13-16,22H,1-2,4,6-7,9-12H2,(H,33,36). The van der Waals surface area contributed by atoms with Gasteiger partial charge in [-0.2, -0.15) is 13.2 Å². The van der Waals surface area contributed by atoms with Crippen LogP contribution in [0.1, 0.15) is 43.2 Å². The van der Waals surface area contributed by atoms with Crippen LogP contribution in [0.15, 0.2) is 42.5 Å². The topological polar surface area (TPSA) is 35.6 Å². The van der Waals surface area contributed by atoms with Crippen LogP contribution in [0, 0.1) is 0 Å². The molecular weight excluding hydrogens is 534 g/mol. The van der Waals surface area contributed by atoms with E-state index in [4.69, 9.17) is 34.8 Å². The molecule has 194 valence electrons. The van der Waals surface area contributed by atoms with Gasteiger partial charge in [0.05, 0.1) is 10.6 Å². The first kappa shape index (κ1) is 27.1. The average Bonchev–Trinajstić information content (AvgIpc) is 3.33. The first-order chi connectivity index (χ1) is 17.1. The molecule has 1 N–H and O–H groups in total. The maximum Gasteiger partial charge on any atom is 0.417 e. The van der Waals surface area contributed by atoms with Crippen molar-refractivity contribution in [2.45, 2.75) is 44.3 Å². The van der Waals surface area contributed by atoms with Gasteiger partial charge in [-0.1, -0.05) is 40.9 Å². The molecule has 0 bridgehead atoms. The molecular formula is C26H27Cl3F3N3O. The summed E-state index contributed by atoms with van der Waals surface area (Å²) in [6, 6.07) is 8.34. The molecule has 10 heteroatoms. The third-order valence-electron chi connectivity index (χ3n) is 6.70. The lowest BCUT2D eigenvalue weighted by Gasteiger charge is -2.35. The van der Waals surface area contributed by atoms with Gasteiger partial charge in [-0.15, -0.1) is 0 Å². The molecule has 0 aromatic heterocycles. The van der Waals surface area contributed by atoms with Gasteiger partial charge in [-0.25, -0.2) is 4.79 Å². The van der Waals surface area contributed by atoms with Crippen molar-refractivity contribution in [1.82, 2.24) is 9.80 Å². The van der Waals surface area contributed by atoms with Gasteiger partial charge >= 0.3 is 12.2 Å². The summed E-state index contributed by atoms with van der Waals surface area (Å²) in [6.07, 6.45) is 1.83. The van der Waals surface area contributed by atoms with Crippen LogP contribution >= 0.6 is 34.8 Å². The van der Waals surface area contributed by atoms with E-state index in [2.05, 4.69) is 16.3 Å². The van der Waals surface area contributed by atoms with Crippen molar-refractivity contribution in [2.24, 2.45) is 0 Å². The Morgan fingerprint density at radius 2 is 1.75 bits per heavy atom. The summed E-state index contributed by atoms with van der Waals surface area (Å²) < 4.78 is 39.9. The number of amides is 2. The van der Waals surface area contributed by atoms with Crippen molar-refractivity contribution in [3.05, 3.63) is 68.7 Å². The SMILES string of the molecule is O=C(Nc1ccc(Cl)c(C(F)(F)F)c1)N(CCN1CCCC1)C1CC=C(c2cc(Cl)cc(Cl)c2)CC1. The molecule has 2 aliphatic rings. The highest BCUT2D eigenvalue weighted by atomic mass is 35.5. The summed E-state index contributed by atoms with van der Waals surface area (Å²) in [7, 11) is 0. The number of likely N-dealkylation sites (tertiary alicyclic amines) is 1. The molecule has 1 saturated heterocycles. The molecule has 0 spiro atoms. The van der Waals surface area contributed by atoms with Gasteiger partial charge in [0.25, 0.3) is 0 Å². The highest BCUT2D eigenvalue weighted by Crippen LogP contribution is 2.37. The second-order valence-electron chi connectivity index (χ2n) is 9.18. The number of benzene rings is 2. The van der Waals surface area contributed by atoms with Crippen LogP contribution in [0.4, 0.5) is 23.7 Å². The van der Waals surface area contributed by atoms with Crippen molar-refractivity contribution >= 4 is 52.1 Å². The fraction of sp³-hybridized carbons (Fsp3) is 0.423. The molecule has 1 aliphatic heterocycles. The summed E-state index contributed by atoms with van der Waals surface area (Å²) in [5.41, 5.74) is 1.16. The summed E-state index contributed by atoms with van der Waals surface area (Å²) >= 11 is 18.1. The molecule has 1 fully saturated rings. The van der Waals surface area contributed by atoms with Crippen LogP contribution in [-0.4, -0.2) is 48.1 Å². The van der Waals surface area contributed by atoms with Crippen molar-refractivity contribution < 1.29 is 18.0 Å². The number of hydrogen-bond acceptors (Lipinski definition) is 2. The second-order valence-corrected chi connectivity index (χ2v) is 10.5. The number of carbonyl (C=O) groups is 1. The molecule has 0 radical (unpaired) electrons. The number of nitrogens with zero attached hydrogens (tertiary/aromatic N) is 2. The number of rotatable bonds is 6. The lowest BCUT2D eigenvalue weighted by Crippen LogP contribution is -2.47. The van der Waals surface area contributed by atoms with Crippen LogP contribution in [-0.2, 0) is 6.18 Å². The Morgan fingerprint density at radius 1 is 1.06 bits per heavy atom. The Balaban J connectivity index is 1.51. The number of alkyl halides is 3. The smallest absolute Gasteiger partial charge is 0.320 e. The number of carbonyl (C=O) groups excluding carboxylic acids is 1. The van der Waals surface area contributed by atoms with Crippen LogP contribution in [0.5, 0.6) is 0 Å². The lowest BCUT2D eigenvalue weighted by atomic mass is 9.90. The summed E-state index contributed by atoms with van der Waals surface area (Å²) in [5.74, 6) is 0. The predicted molar refractivity (Wildman–Crippen MR) is 140 cm³/mol. The number of halogens is 6. The van der Waals surface area contributed by atoms with Crippen molar-refractivity contribution in [3.8, 4) is 0 Å². The molecule has 4 rings (SSSR count). The first-order valence-electron chi connectivity index (χ1n) is 11.9. The van der Waals surface area contributed by atoms with E-state index < -0.39 is 22.8 Å². The minimum Gasteiger partial charge on any atom is -0.320 e. The zero-order valence-electron chi connectivity index (χ0n) is 19.6. The average molecular weight is 561 g/mol. The number of hydrogen-bond donors (Lipinski definition) is 1. The first-order valence-corrected chi connectivity index (χ1v) is 13.1. The molecule has 2 aromatic carbocycles. The lowest BCUT2D eigenvalue weighted by molar-refractivity contribution is -0.137. The number of nitrogens with one attached hydrogen (secondary N) is 1. The van der Waals surface area contributed by atoms with E-state index in [1.807, 2.05) is 12.1 Å². The fourth-order valence-corrected chi connectivity index (χ4v) is 5.58. The van der Waals surface area contributed by atoms with E-state index in [1.165, 1.54) is 6.07 Å². The Bertz CT molecular complexity index is 1110. The molecule has 2 amide bonds. The van der Waals surface area contributed by atoms with Gasteiger partial charge in [0.1, 0.15) is 0 Å². The molecule has 1 unspecified atom stereocenters. The van der Waals surface area contributed by atoms with Gasteiger partial charge in [-0.05, 0) is 92.7 Å². The van der Waals surface area contributed by atoms with Gasteiger partial charge in [0.15, 0.2) is 0 Å². The molecule has 1 heterocycles. The Labute approximate surface area is 224 Å². The molecule has 1 atom stereocenters. The van der Waals surface area contributed by atoms with Crippen LogP contribution in [0.25, 0.3) is 5.57 Å². The van der Waals surface area contributed by atoms with Crippen LogP contribution in [0.2, 0.25) is 15.1 Å². The third kappa shape index (κ3) is 6.88. The zero-order valence-corrected chi connectivity index (χ0v) is 21.8. The summed E-state index contributed by atoms with van der Waals surface area (Å²) in [4.78, 5) is 17.4. The zero-order chi connectivity index (χ0) is 25.9. The van der Waals surface area contributed by atoms with E-state index in [0.717, 1.165) is 68.6 Å². The Hall–Kier alpha value is -1.93. The van der Waals surface area contributed by atoms with Gasteiger partial charge in [0.2, 0.25) is 0 Å². The Kier molecular flexibility index (Phi) is 8.76. The third-order valence-corrected chi connectivity index (χ3v) is 7.46. The monoisotopic (exact) mass is 559 g/mol.